The van der Waals surface area contributed by atoms with Crippen molar-refractivity contribution in [2.75, 3.05) is 19.8 Å². The molecule has 1 N–H and O–H groups in total. The Balaban J connectivity index is 1.45. The van der Waals surface area contributed by atoms with Gasteiger partial charge in [0.1, 0.15) is 5.70 Å². The number of ether oxygens (including phenoxy) is 2. The number of esters is 2. The third-order valence-electron chi connectivity index (χ3n) is 7.36. The maximum absolute atomic E-state index is 14.1. The zero-order chi connectivity index (χ0) is 32.9. The van der Waals surface area contributed by atoms with E-state index in [1.54, 1.807) is 24.3 Å². The molecule has 2 aliphatic heterocycles. The lowest BCUT2D eigenvalue weighted by Crippen LogP contribution is -2.38. The van der Waals surface area contributed by atoms with Crippen LogP contribution in [-0.2, 0) is 19.1 Å². The lowest BCUT2D eigenvalue weighted by molar-refractivity contribution is -0.384. The van der Waals surface area contributed by atoms with Gasteiger partial charge in [-0.25, -0.2) is 9.59 Å². The van der Waals surface area contributed by atoms with E-state index in [0.717, 1.165) is 12.1 Å². The molecule has 1 unspecified atom stereocenters. The molecule has 0 saturated carbocycles. The Kier molecular flexibility index (Phi) is 10.0. The van der Waals surface area contributed by atoms with Gasteiger partial charge in [0, 0.05) is 24.4 Å². The molecule has 0 bridgehead atoms. The van der Waals surface area contributed by atoms with E-state index in [4.69, 9.17) is 9.47 Å². The average Bonchev–Trinajstić information content (AvgIpc) is 3.24. The van der Waals surface area contributed by atoms with Crippen molar-refractivity contribution in [3.63, 3.8) is 0 Å². The maximum atomic E-state index is 14.1. The van der Waals surface area contributed by atoms with Gasteiger partial charge >= 0.3 is 18.1 Å². The van der Waals surface area contributed by atoms with Gasteiger partial charge in [-0.2, -0.15) is 13.2 Å². The number of nitrogens with zero attached hydrogens (tertiary/aromatic N) is 2. The highest BCUT2D eigenvalue weighted by Gasteiger charge is 2.47. The average molecular weight is 630 g/mol. The van der Waals surface area contributed by atoms with E-state index < -0.39 is 45.9 Å². The van der Waals surface area contributed by atoms with Crippen LogP contribution >= 0.6 is 0 Å². The number of dihydropyridines is 1. The van der Waals surface area contributed by atoms with Gasteiger partial charge in [0.25, 0.3) is 17.5 Å². The molecule has 0 fully saturated rings. The zero-order valence-electron chi connectivity index (χ0n) is 24.4. The van der Waals surface area contributed by atoms with Crippen LogP contribution in [0, 0.1) is 10.1 Å². The Labute approximate surface area is 255 Å². The number of amides is 2. The monoisotopic (exact) mass is 629 g/mol. The lowest BCUT2D eigenvalue weighted by atomic mass is 9.80. The van der Waals surface area contributed by atoms with Gasteiger partial charge in [0.05, 0.1) is 46.3 Å². The smallest absolute Gasteiger partial charge is 0.431 e. The molecule has 1 atom stereocenters. The number of benzene rings is 2. The molecule has 14 heteroatoms. The van der Waals surface area contributed by atoms with E-state index in [-0.39, 0.29) is 48.4 Å². The van der Waals surface area contributed by atoms with Gasteiger partial charge in [-0.15, -0.1) is 0 Å². The van der Waals surface area contributed by atoms with Crippen molar-refractivity contribution < 1.29 is 46.7 Å². The Hall–Kier alpha value is -5.01. The topological polar surface area (TPSA) is 145 Å². The first kappa shape index (κ1) is 32.9. The van der Waals surface area contributed by atoms with Crippen LogP contribution in [0.5, 0.6) is 0 Å². The number of nitrogens with one attached hydrogen (secondary N) is 1. The Morgan fingerprint density at radius 2 is 1.56 bits per heavy atom. The van der Waals surface area contributed by atoms with Crippen LogP contribution in [0.1, 0.15) is 71.7 Å². The van der Waals surface area contributed by atoms with Gasteiger partial charge < -0.3 is 14.8 Å². The first-order chi connectivity index (χ1) is 21.4. The minimum Gasteiger partial charge on any atom is -0.463 e. The SMILES string of the molecule is CCOC(=O)C1=C(C(F)(F)F)NC(C)=C(C(=O)OCCCCCCN2C(=O)c3ccccc3C2=O)C1c1cccc([N+](=O)[O-])c1. The molecule has 0 spiro atoms. The number of imide groups is 1. The highest BCUT2D eigenvalue weighted by molar-refractivity contribution is 6.21. The number of alkyl halides is 3. The normalized spacial score (nSPS) is 16.5. The number of carbonyl (C=O) groups is 4. The highest BCUT2D eigenvalue weighted by Crippen LogP contribution is 2.44. The number of hydrogen-bond donors (Lipinski definition) is 1. The molecule has 11 nitrogen and oxygen atoms in total. The Bertz CT molecular complexity index is 1560. The van der Waals surface area contributed by atoms with E-state index in [9.17, 15) is 42.5 Å². The van der Waals surface area contributed by atoms with E-state index in [0.29, 0.717) is 36.8 Å². The fourth-order valence-corrected chi connectivity index (χ4v) is 5.31. The molecule has 2 amide bonds. The first-order valence-corrected chi connectivity index (χ1v) is 14.2. The van der Waals surface area contributed by atoms with Crippen molar-refractivity contribution >= 4 is 29.4 Å². The number of allylic oxidation sites excluding steroid dienone is 2. The number of fused-ring (bicyclic) bond motifs is 1. The number of halogens is 3. The van der Waals surface area contributed by atoms with E-state index in [2.05, 4.69) is 5.32 Å². The van der Waals surface area contributed by atoms with Gasteiger partial charge in [-0.05, 0) is 50.8 Å². The van der Waals surface area contributed by atoms with Crippen molar-refractivity contribution in [3.05, 3.63) is 97.9 Å². The summed E-state index contributed by atoms with van der Waals surface area (Å²) in [4.78, 5) is 63.1. The van der Waals surface area contributed by atoms with Gasteiger partial charge in [-0.1, -0.05) is 30.7 Å². The molecule has 2 aliphatic rings. The Morgan fingerprint density at radius 3 is 2.16 bits per heavy atom. The predicted molar refractivity (Wildman–Crippen MR) is 153 cm³/mol. The molecule has 4 rings (SSSR count). The van der Waals surface area contributed by atoms with Gasteiger partial charge in [0.2, 0.25) is 0 Å². The molecule has 0 radical (unpaired) electrons. The van der Waals surface area contributed by atoms with Crippen LogP contribution in [0.25, 0.3) is 0 Å². The van der Waals surface area contributed by atoms with Crippen molar-refractivity contribution in [3.8, 4) is 0 Å². The maximum Gasteiger partial charge on any atom is 0.431 e. The second kappa shape index (κ2) is 13.7. The summed E-state index contributed by atoms with van der Waals surface area (Å²) in [5, 5.41) is 13.5. The highest BCUT2D eigenvalue weighted by atomic mass is 19.4. The first-order valence-electron chi connectivity index (χ1n) is 14.2. The minimum absolute atomic E-state index is 0.102. The van der Waals surface area contributed by atoms with Crippen LogP contribution < -0.4 is 5.32 Å². The molecular weight excluding hydrogens is 599 g/mol. The zero-order valence-corrected chi connectivity index (χ0v) is 24.4. The van der Waals surface area contributed by atoms with E-state index in [1.807, 2.05) is 0 Å². The van der Waals surface area contributed by atoms with Crippen LogP contribution in [0.15, 0.2) is 71.1 Å². The molecule has 2 heterocycles. The summed E-state index contributed by atoms with van der Waals surface area (Å²) < 4.78 is 52.7. The van der Waals surface area contributed by atoms with Gasteiger partial charge in [-0.3, -0.25) is 24.6 Å². The molecule has 2 aromatic carbocycles. The Morgan fingerprint density at radius 1 is 0.933 bits per heavy atom. The molecule has 45 heavy (non-hydrogen) atoms. The molecule has 0 aromatic heterocycles. The standard InChI is InChI=1S/C31H30F3N3O8/c1-3-44-30(41)25-24(19-11-10-12-20(17-19)37(42)43)23(18(2)35-26(25)31(32,33)34)29(40)45-16-9-5-4-8-15-36-27(38)21-13-6-7-14-22(21)28(36)39/h6-7,10-14,17,24,35H,3-5,8-9,15-16H2,1-2H3. The molecule has 0 saturated heterocycles. The number of nitro benzene ring substituents is 1. The van der Waals surface area contributed by atoms with Crippen LogP contribution in [0.3, 0.4) is 0 Å². The summed E-state index contributed by atoms with van der Waals surface area (Å²) in [5.41, 5.74) is -2.75. The van der Waals surface area contributed by atoms with E-state index >= 15 is 0 Å². The predicted octanol–water partition coefficient (Wildman–Crippen LogP) is 5.33. The van der Waals surface area contributed by atoms with Crippen LogP contribution in [0.4, 0.5) is 18.9 Å². The number of rotatable bonds is 12. The minimum atomic E-state index is -5.05. The number of hydrogen-bond acceptors (Lipinski definition) is 9. The quantitative estimate of drug-likeness (QED) is 0.108. The third-order valence-corrected chi connectivity index (χ3v) is 7.36. The summed E-state index contributed by atoms with van der Waals surface area (Å²) in [5.74, 6) is -4.72. The summed E-state index contributed by atoms with van der Waals surface area (Å²) in [6, 6.07) is 11.2. The summed E-state index contributed by atoms with van der Waals surface area (Å²) in [7, 11) is 0. The number of unbranched alkanes of at least 4 members (excludes halogenated alkanes) is 3. The third kappa shape index (κ3) is 7.05. The number of carbonyl (C=O) groups excluding carboxylic acids is 4. The van der Waals surface area contributed by atoms with Crippen molar-refractivity contribution in [2.24, 2.45) is 0 Å². The fourth-order valence-electron chi connectivity index (χ4n) is 5.31. The van der Waals surface area contributed by atoms with Gasteiger partial charge in [0.15, 0.2) is 0 Å². The molecule has 238 valence electrons. The lowest BCUT2D eigenvalue weighted by Gasteiger charge is -2.32. The van der Waals surface area contributed by atoms with Crippen molar-refractivity contribution in [2.45, 2.75) is 51.6 Å². The molecule has 0 aliphatic carbocycles. The summed E-state index contributed by atoms with van der Waals surface area (Å²) in [6.45, 7) is 2.47. The van der Waals surface area contributed by atoms with Crippen molar-refractivity contribution in [1.82, 2.24) is 10.2 Å². The van der Waals surface area contributed by atoms with Crippen molar-refractivity contribution in [1.29, 1.82) is 0 Å². The second-order valence-corrected chi connectivity index (χ2v) is 10.3. The number of non-ortho nitro benzene ring substituents is 1. The number of nitro groups is 1. The summed E-state index contributed by atoms with van der Waals surface area (Å²) >= 11 is 0. The summed E-state index contributed by atoms with van der Waals surface area (Å²) in [6.07, 6.45) is -3.03. The largest absolute Gasteiger partial charge is 0.463 e. The molecule has 2 aromatic rings. The second-order valence-electron chi connectivity index (χ2n) is 10.3. The van der Waals surface area contributed by atoms with E-state index in [1.165, 1.54) is 30.9 Å². The molecular formula is C31H30F3N3O8. The fraction of sp³-hybridized carbons (Fsp3) is 0.355. The van der Waals surface area contributed by atoms with Crippen LogP contribution in [0.2, 0.25) is 0 Å². The van der Waals surface area contributed by atoms with Crippen LogP contribution in [-0.4, -0.2) is 59.5 Å².